The van der Waals surface area contributed by atoms with Gasteiger partial charge in [0, 0.05) is 24.0 Å². The zero-order valence-electron chi connectivity index (χ0n) is 14.9. The zero-order valence-corrected chi connectivity index (χ0v) is 15.7. The van der Waals surface area contributed by atoms with E-state index in [-0.39, 0.29) is 30.8 Å². The molecule has 0 aliphatic carbocycles. The second kappa shape index (κ2) is 7.89. The van der Waals surface area contributed by atoms with E-state index in [1.165, 1.54) is 0 Å². The fraction of sp³-hybridized carbons (Fsp3) is 0.300. The number of rotatable bonds is 4. The first-order valence-electron chi connectivity index (χ1n) is 8.58. The molecule has 1 aliphatic heterocycles. The Balaban J connectivity index is 1.75. The van der Waals surface area contributed by atoms with Crippen molar-refractivity contribution in [2.45, 2.75) is 25.9 Å². The molecule has 26 heavy (non-hydrogen) atoms. The van der Waals surface area contributed by atoms with Crippen LogP contribution in [0.5, 0.6) is 0 Å². The third kappa shape index (κ3) is 4.23. The Labute approximate surface area is 158 Å². The van der Waals surface area contributed by atoms with Crippen LogP contribution in [0.3, 0.4) is 0 Å². The van der Waals surface area contributed by atoms with Gasteiger partial charge in [0.15, 0.2) is 0 Å². The Morgan fingerprint density at radius 3 is 2.65 bits per heavy atom. The van der Waals surface area contributed by atoms with Gasteiger partial charge in [-0.05, 0) is 43.8 Å². The minimum absolute atomic E-state index is 0.0297. The van der Waals surface area contributed by atoms with Crippen molar-refractivity contribution >= 4 is 34.8 Å². The third-order valence-electron chi connectivity index (χ3n) is 4.40. The van der Waals surface area contributed by atoms with E-state index in [4.69, 9.17) is 11.6 Å². The topological polar surface area (TPSA) is 52.7 Å². The molecule has 0 bridgehead atoms. The normalized spacial score (nSPS) is 16.8. The van der Waals surface area contributed by atoms with Crippen LogP contribution >= 0.6 is 11.6 Å². The highest BCUT2D eigenvalue weighted by Gasteiger charge is 2.29. The maximum atomic E-state index is 13.0. The summed E-state index contributed by atoms with van der Waals surface area (Å²) in [4.78, 5) is 28.7. The number of carbonyl (C=O) groups excluding carboxylic acids is 2. The Kier molecular flexibility index (Phi) is 5.59. The molecule has 6 heteroatoms. The molecule has 1 N–H and O–H groups in total. The Hall–Kier alpha value is -2.37. The molecule has 1 heterocycles. The quantitative estimate of drug-likeness (QED) is 0.894. The zero-order chi connectivity index (χ0) is 18.7. The highest BCUT2D eigenvalue weighted by atomic mass is 35.5. The summed E-state index contributed by atoms with van der Waals surface area (Å²) in [6, 6.07) is 14.8. The standard InChI is InChI=1S/C20H22ClN3O2/c1-14-11-19(25)22-17-5-3-4-6-18(17)24(14)20(26)13-23(2)12-15-7-9-16(21)10-8-15/h3-10,14H,11-13H2,1-2H3,(H,22,25). The van der Waals surface area contributed by atoms with Gasteiger partial charge in [0.25, 0.3) is 0 Å². The van der Waals surface area contributed by atoms with Crippen LogP contribution in [0, 0.1) is 0 Å². The Morgan fingerprint density at radius 1 is 1.23 bits per heavy atom. The van der Waals surface area contributed by atoms with Crippen molar-refractivity contribution in [3.05, 3.63) is 59.1 Å². The first-order chi connectivity index (χ1) is 12.4. The number of anilines is 2. The molecule has 2 aromatic carbocycles. The van der Waals surface area contributed by atoms with Crippen LogP contribution < -0.4 is 10.2 Å². The van der Waals surface area contributed by atoms with Gasteiger partial charge >= 0.3 is 0 Å². The van der Waals surface area contributed by atoms with Gasteiger partial charge in [-0.25, -0.2) is 0 Å². The van der Waals surface area contributed by atoms with Gasteiger partial charge < -0.3 is 10.2 Å². The first-order valence-corrected chi connectivity index (χ1v) is 8.96. The predicted octanol–water partition coefficient (Wildman–Crippen LogP) is 3.54. The summed E-state index contributed by atoms with van der Waals surface area (Å²) in [7, 11) is 1.91. The minimum Gasteiger partial charge on any atom is -0.324 e. The largest absolute Gasteiger partial charge is 0.324 e. The first kappa shape index (κ1) is 18.4. The number of hydrogen-bond donors (Lipinski definition) is 1. The maximum Gasteiger partial charge on any atom is 0.241 e. The number of hydrogen-bond acceptors (Lipinski definition) is 3. The Morgan fingerprint density at radius 2 is 1.92 bits per heavy atom. The Bertz CT molecular complexity index is 807. The minimum atomic E-state index is -0.199. The maximum absolute atomic E-state index is 13.0. The van der Waals surface area contributed by atoms with Crippen molar-refractivity contribution in [2.75, 3.05) is 23.8 Å². The highest BCUT2D eigenvalue weighted by molar-refractivity contribution is 6.30. The summed E-state index contributed by atoms with van der Waals surface area (Å²) < 4.78 is 0. The summed E-state index contributed by atoms with van der Waals surface area (Å²) >= 11 is 5.92. The number of nitrogens with one attached hydrogen (secondary N) is 1. The van der Waals surface area contributed by atoms with Gasteiger partial charge in [-0.3, -0.25) is 14.5 Å². The van der Waals surface area contributed by atoms with E-state index in [9.17, 15) is 9.59 Å². The van der Waals surface area contributed by atoms with Crippen LogP contribution in [-0.4, -0.2) is 36.3 Å². The average Bonchev–Trinajstić information content (AvgIpc) is 2.71. The van der Waals surface area contributed by atoms with E-state index in [1.807, 2.05) is 67.4 Å². The van der Waals surface area contributed by atoms with E-state index in [0.717, 1.165) is 11.3 Å². The number of amides is 2. The van der Waals surface area contributed by atoms with Crippen LogP contribution in [0.4, 0.5) is 11.4 Å². The molecule has 1 aliphatic rings. The number of carbonyl (C=O) groups is 2. The molecule has 136 valence electrons. The molecule has 0 saturated heterocycles. The molecule has 2 aromatic rings. The summed E-state index contributed by atoms with van der Waals surface area (Å²) in [5.41, 5.74) is 2.51. The summed E-state index contributed by atoms with van der Waals surface area (Å²) in [6.07, 6.45) is 0.279. The molecule has 5 nitrogen and oxygen atoms in total. The molecular weight excluding hydrogens is 350 g/mol. The molecule has 0 spiro atoms. The molecule has 0 radical (unpaired) electrons. The van der Waals surface area contributed by atoms with Gasteiger partial charge in [0.1, 0.15) is 0 Å². The summed E-state index contributed by atoms with van der Waals surface area (Å²) in [5, 5.41) is 3.57. The van der Waals surface area contributed by atoms with E-state index < -0.39 is 0 Å². The van der Waals surface area contributed by atoms with Gasteiger partial charge in [-0.1, -0.05) is 35.9 Å². The lowest BCUT2D eigenvalue weighted by molar-refractivity contribution is -0.120. The summed E-state index contributed by atoms with van der Waals surface area (Å²) in [5.74, 6) is -0.104. The molecule has 3 rings (SSSR count). The molecular formula is C20H22ClN3O2. The number of fused-ring (bicyclic) bond motifs is 1. The molecule has 0 aromatic heterocycles. The fourth-order valence-electron chi connectivity index (χ4n) is 3.23. The molecule has 1 atom stereocenters. The van der Waals surface area contributed by atoms with Gasteiger partial charge in [-0.15, -0.1) is 0 Å². The number of nitrogens with zero attached hydrogens (tertiary/aromatic N) is 2. The van der Waals surface area contributed by atoms with E-state index >= 15 is 0 Å². The van der Waals surface area contributed by atoms with Crippen molar-refractivity contribution in [3.63, 3.8) is 0 Å². The smallest absolute Gasteiger partial charge is 0.241 e. The van der Waals surface area contributed by atoms with E-state index in [0.29, 0.717) is 17.3 Å². The van der Waals surface area contributed by atoms with Crippen molar-refractivity contribution < 1.29 is 9.59 Å². The fourth-order valence-corrected chi connectivity index (χ4v) is 3.36. The highest BCUT2D eigenvalue weighted by Crippen LogP contribution is 2.31. The number of halogens is 1. The van der Waals surface area contributed by atoms with Crippen LogP contribution in [0.1, 0.15) is 18.9 Å². The molecule has 0 saturated carbocycles. The van der Waals surface area contributed by atoms with Crippen LogP contribution in [-0.2, 0) is 16.1 Å². The molecule has 2 amide bonds. The SMILES string of the molecule is CC1CC(=O)Nc2ccccc2N1C(=O)CN(C)Cc1ccc(Cl)cc1. The lowest BCUT2D eigenvalue weighted by Gasteiger charge is -2.29. The second-order valence-corrected chi connectivity index (χ2v) is 7.12. The number of likely N-dealkylation sites (N-methyl/N-ethyl adjacent to an activating group) is 1. The van der Waals surface area contributed by atoms with E-state index in [1.54, 1.807) is 4.90 Å². The van der Waals surface area contributed by atoms with Crippen molar-refractivity contribution in [2.24, 2.45) is 0 Å². The van der Waals surface area contributed by atoms with Gasteiger partial charge in [-0.2, -0.15) is 0 Å². The van der Waals surface area contributed by atoms with Crippen LogP contribution in [0.25, 0.3) is 0 Å². The number of benzene rings is 2. The van der Waals surface area contributed by atoms with Crippen molar-refractivity contribution in [1.82, 2.24) is 4.90 Å². The van der Waals surface area contributed by atoms with Crippen molar-refractivity contribution in [1.29, 1.82) is 0 Å². The predicted molar refractivity (Wildman–Crippen MR) is 104 cm³/mol. The second-order valence-electron chi connectivity index (χ2n) is 6.68. The molecule has 1 unspecified atom stereocenters. The lowest BCUT2D eigenvalue weighted by Crippen LogP contribution is -2.44. The van der Waals surface area contributed by atoms with Gasteiger partial charge in [0.2, 0.25) is 11.8 Å². The number of para-hydroxylation sites is 2. The summed E-state index contributed by atoms with van der Waals surface area (Å²) in [6.45, 7) is 2.80. The van der Waals surface area contributed by atoms with Crippen LogP contribution in [0.15, 0.2) is 48.5 Å². The third-order valence-corrected chi connectivity index (χ3v) is 4.65. The average molecular weight is 372 g/mol. The lowest BCUT2D eigenvalue weighted by atomic mass is 10.1. The van der Waals surface area contributed by atoms with E-state index in [2.05, 4.69) is 5.32 Å². The van der Waals surface area contributed by atoms with Gasteiger partial charge in [0.05, 0.1) is 17.9 Å². The van der Waals surface area contributed by atoms with Crippen LogP contribution in [0.2, 0.25) is 5.02 Å². The molecule has 0 fully saturated rings. The monoisotopic (exact) mass is 371 g/mol. The van der Waals surface area contributed by atoms with Crippen molar-refractivity contribution in [3.8, 4) is 0 Å².